The molecule has 4 atom stereocenters. The number of carbonyl (C=O) groups excluding carboxylic acids is 1. The number of hydrogen-bond donors (Lipinski definition) is 1. The lowest BCUT2D eigenvalue weighted by Crippen LogP contribution is -2.30. The van der Waals surface area contributed by atoms with E-state index in [-0.39, 0.29) is 6.10 Å². The number of aromatic nitrogens is 4. The largest absolute Gasteiger partial charge is 0.509 e. The Kier molecular flexibility index (Phi) is 3.08. The number of nitrogens with zero attached hydrogens (tertiary/aromatic N) is 4. The zero-order valence-corrected chi connectivity index (χ0v) is 12.4. The summed E-state index contributed by atoms with van der Waals surface area (Å²) in [5.41, 5.74) is 6.81. The summed E-state index contributed by atoms with van der Waals surface area (Å²) < 4.78 is 18.2. The third kappa shape index (κ3) is 1.91. The van der Waals surface area contributed by atoms with E-state index in [0.717, 1.165) is 0 Å². The first kappa shape index (κ1) is 13.6. The van der Waals surface area contributed by atoms with Crippen LogP contribution < -0.4 is 5.73 Å². The molecule has 0 spiro atoms. The highest BCUT2D eigenvalue weighted by Gasteiger charge is 2.55. The molecule has 4 rings (SSSR count). The average Bonchev–Trinajstić information content (AvgIpc) is 3.15. The standard InChI is InChI=1S/C12H13N5O4S/c1-22-2-5-7-8(21-12(18)20-7)11(19-5)17-4-16-6-9(13)14-3-15-10(6)17/h3-5,7-8,11H,2H2,1H3,(H2,13,14,15)/t5-,7-,8-,11-/m1/s1. The van der Waals surface area contributed by atoms with E-state index in [1.54, 1.807) is 22.7 Å². The summed E-state index contributed by atoms with van der Waals surface area (Å²) in [4.78, 5) is 23.8. The lowest BCUT2D eigenvalue weighted by atomic mass is 10.1. The molecule has 0 saturated carbocycles. The van der Waals surface area contributed by atoms with E-state index in [9.17, 15) is 4.79 Å². The van der Waals surface area contributed by atoms with Gasteiger partial charge in [0.15, 0.2) is 29.9 Å². The number of fused-ring (bicyclic) bond motifs is 2. The Morgan fingerprint density at radius 2 is 2.14 bits per heavy atom. The zero-order chi connectivity index (χ0) is 15.3. The molecule has 2 fully saturated rings. The fourth-order valence-corrected chi connectivity index (χ4v) is 3.40. The molecule has 0 radical (unpaired) electrons. The number of nitrogens with two attached hydrogens (primary N) is 1. The third-order valence-electron chi connectivity index (χ3n) is 3.74. The molecular formula is C12H13N5O4S. The van der Waals surface area contributed by atoms with Crippen LogP contribution in [-0.2, 0) is 14.2 Å². The van der Waals surface area contributed by atoms with Crippen molar-refractivity contribution in [2.45, 2.75) is 24.5 Å². The van der Waals surface area contributed by atoms with Gasteiger partial charge in [0, 0.05) is 5.75 Å². The zero-order valence-electron chi connectivity index (χ0n) is 11.6. The quantitative estimate of drug-likeness (QED) is 0.809. The molecule has 10 heteroatoms. The van der Waals surface area contributed by atoms with Gasteiger partial charge >= 0.3 is 6.16 Å². The average molecular weight is 323 g/mol. The van der Waals surface area contributed by atoms with E-state index in [4.69, 9.17) is 19.9 Å². The maximum absolute atomic E-state index is 11.5. The Bertz CT molecular complexity index is 737. The van der Waals surface area contributed by atoms with Gasteiger partial charge in [-0.3, -0.25) is 4.57 Å². The number of ether oxygens (including phenoxy) is 3. The summed E-state index contributed by atoms with van der Waals surface area (Å²) in [6.07, 6.45) is 2.46. The van der Waals surface area contributed by atoms with Crippen molar-refractivity contribution in [3.8, 4) is 0 Å². The van der Waals surface area contributed by atoms with Crippen molar-refractivity contribution in [1.29, 1.82) is 0 Å². The summed E-state index contributed by atoms with van der Waals surface area (Å²) in [5.74, 6) is 0.983. The first-order valence-electron chi connectivity index (χ1n) is 6.63. The van der Waals surface area contributed by atoms with Gasteiger partial charge < -0.3 is 19.9 Å². The minimum absolute atomic E-state index is 0.243. The molecule has 0 amide bonds. The van der Waals surface area contributed by atoms with Gasteiger partial charge in [-0.1, -0.05) is 0 Å². The van der Waals surface area contributed by atoms with Gasteiger partial charge in [0.05, 0.1) is 6.33 Å². The number of thioether (sulfide) groups is 1. The fourth-order valence-electron chi connectivity index (χ4n) is 2.80. The summed E-state index contributed by atoms with van der Waals surface area (Å²) in [7, 11) is 0. The van der Waals surface area contributed by atoms with Crippen molar-refractivity contribution in [2.75, 3.05) is 17.7 Å². The molecule has 2 aromatic rings. The Hall–Kier alpha value is -2.07. The van der Waals surface area contributed by atoms with Crippen LogP contribution in [-0.4, -0.2) is 56.0 Å². The van der Waals surface area contributed by atoms with Gasteiger partial charge in [-0.25, -0.2) is 19.7 Å². The van der Waals surface area contributed by atoms with Gasteiger partial charge in [0.2, 0.25) is 0 Å². The third-order valence-corrected chi connectivity index (χ3v) is 4.40. The fraction of sp³-hybridized carbons (Fsp3) is 0.500. The van der Waals surface area contributed by atoms with Crippen LogP contribution in [0.15, 0.2) is 12.7 Å². The normalized spacial score (nSPS) is 30.3. The maximum Gasteiger partial charge on any atom is 0.509 e. The van der Waals surface area contributed by atoms with Crippen LogP contribution in [0, 0.1) is 0 Å². The monoisotopic (exact) mass is 323 g/mol. The summed E-state index contributed by atoms with van der Waals surface area (Å²) in [5, 5.41) is 0. The summed E-state index contributed by atoms with van der Waals surface area (Å²) >= 11 is 1.61. The van der Waals surface area contributed by atoms with Gasteiger partial charge in [-0.2, -0.15) is 11.8 Å². The van der Waals surface area contributed by atoms with Crippen molar-refractivity contribution < 1.29 is 19.0 Å². The maximum atomic E-state index is 11.5. The van der Waals surface area contributed by atoms with E-state index in [1.807, 2.05) is 6.26 Å². The molecule has 2 aromatic heterocycles. The van der Waals surface area contributed by atoms with Crippen LogP contribution in [0.5, 0.6) is 0 Å². The molecule has 2 saturated heterocycles. The molecule has 0 aliphatic carbocycles. The highest BCUT2D eigenvalue weighted by Crippen LogP contribution is 2.39. The predicted molar refractivity (Wildman–Crippen MR) is 77.2 cm³/mol. The summed E-state index contributed by atoms with van der Waals surface area (Å²) in [6, 6.07) is 0. The van der Waals surface area contributed by atoms with Crippen molar-refractivity contribution >= 4 is 34.9 Å². The van der Waals surface area contributed by atoms with Crippen LogP contribution in [0.3, 0.4) is 0 Å². The molecule has 22 heavy (non-hydrogen) atoms. The summed E-state index contributed by atoms with van der Waals surface area (Å²) in [6.45, 7) is 0. The molecule has 0 bridgehead atoms. The van der Waals surface area contributed by atoms with E-state index >= 15 is 0 Å². The second kappa shape index (κ2) is 4.99. The number of hydrogen-bond acceptors (Lipinski definition) is 9. The molecule has 0 aromatic carbocycles. The first-order chi connectivity index (χ1) is 10.7. The molecule has 0 unspecified atom stereocenters. The minimum Gasteiger partial charge on any atom is -0.424 e. The Morgan fingerprint density at radius 1 is 1.32 bits per heavy atom. The molecule has 4 heterocycles. The van der Waals surface area contributed by atoms with E-state index in [1.165, 1.54) is 6.33 Å². The van der Waals surface area contributed by atoms with Crippen LogP contribution in [0.1, 0.15) is 6.23 Å². The number of anilines is 1. The molecule has 9 nitrogen and oxygen atoms in total. The molecule has 2 aliphatic heterocycles. The second-order valence-electron chi connectivity index (χ2n) is 5.02. The molecule has 116 valence electrons. The smallest absolute Gasteiger partial charge is 0.424 e. The second-order valence-corrected chi connectivity index (χ2v) is 5.93. The van der Waals surface area contributed by atoms with E-state index in [0.29, 0.717) is 22.7 Å². The highest BCUT2D eigenvalue weighted by molar-refractivity contribution is 7.98. The highest BCUT2D eigenvalue weighted by atomic mass is 32.2. The van der Waals surface area contributed by atoms with Crippen molar-refractivity contribution in [3.63, 3.8) is 0 Å². The van der Waals surface area contributed by atoms with Gasteiger partial charge in [-0.15, -0.1) is 0 Å². The van der Waals surface area contributed by atoms with Crippen molar-refractivity contribution in [2.24, 2.45) is 0 Å². The van der Waals surface area contributed by atoms with Gasteiger partial charge in [-0.05, 0) is 6.26 Å². The molecule has 2 N–H and O–H groups in total. The minimum atomic E-state index is -0.673. The number of carbonyl (C=O) groups is 1. The number of rotatable bonds is 3. The number of imidazole rings is 1. The van der Waals surface area contributed by atoms with Crippen LogP contribution in [0.2, 0.25) is 0 Å². The SMILES string of the molecule is CSC[C@H]1O[C@@H](n2cnc3c(N)ncnc32)[C@@H]2OC(=O)O[C@@H]21. The predicted octanol–water partition coefficient (Wildman–Crippen LogP) is 0.573. The lowest BCUT2D eigenvalue weighted by molar-refractivity contribution is -0.0466. The number of nitrogen functional groups attached to an aromatic ring is 1. The van der Waals surface area contributed by atoms with Crippen LogP contribution in [0.25, 0.3) is 11.2 Å². The first-order valence-corrected chi connectivity index (χ1v) is 8.03. The van der Waals surface area contributed by atoms with Crippen LogP contribution in [0.4, 0.5) is 10.6 Å². The van der Waals surface area contributed by atoms with E-state index < -0.39 is 24.6 Å². The molecule has 2 aliphatic rings. The van der Waals surface area contributed by atoms with E-state index in [2.05, 4.69) is 15.0 Å². The lowest BCUT2D eigenvalue weighted by Gasteiger charge is -2.17. The topological polar surface area (TPSA) is 114 Å². The Morgan fingerprint density at radius 3 is 2.95 bits per heavy atom. The Balaban J connectivity index is 1.74. The van der Waals surface area contributed by atoms with Crippen molar-refractivity contribution in [1.82, 2.24) is 19.5 Å². The molecular weight excluding hydrogens is 310 g/mol. The Labute approximate surface area is 129 Å². The van der Waals surface area contributed by atoms with Gasteiger partial charge in [0.25, 0.3) is 0 Å². The van der Waals surface area contributed by atoms with Crippen LogP contribution >= 0.6 is 11.8 Å². The van der Waals surface area contributed by atoms with Crippen molar-refractivity contribution in [3.05, 3.63) is 12.7 Å². The van der Waals surface area contributed by atoms with Gasteiger partial charge in [0.1, 0.15) is 17.9 Å².